The Kier molecular flexibility index (Phi) is 4.65. The standard InChI is InChI=1S/C16H23NO3/c1-3-12-6-4-5-9-17(12)15(16(19)20)13-10-11(2)7-8-14(13)18/h7-8,10,12,15,18H,3-6,9H2,1-2H3,(H,19,20). The predicted octanol–water partition coefficient (Wildman–Crippen LogP) is 3.09. The summed E-state index contributed by atoms with van der Waals surface area (Å²) in [5.74, 6) is -0.810. The predicted molar refractivity (Wildman–Crippen MR) is 77.9 cm³/mol. The van der Waals surface area contributed by atoms with Crippen LogP contribution < -0.4 is 0 Å². The molecule has 20 heavy (non-hydrogen) atoms. The number of likely N-dealkylation sites (tertiary alicyclic amines) is 1. The first-order valence-electron chi connectivity index (χ1n) is 7.32. The zero-order valence-corrected chi connectivity index (χ0v) is 12.2. The number of hydrogen-bond acceptors (Lipinski definition) is 3. The van der Waals surface area contributed by atoms with Crippen LogP contribution in [0.3, 0.4) is 0 Å². The molecule has 1 heterocycles. The molecule has 2 atom stereocenters. The van der Waals surface area contributed by atoms with Crippen molar-refractivity contribution in [3.05, 3.63) is 29.3 Å². The molecule has 1 saturated heterocycles. The van der Waals surface area contributed by atoms with Gasteiger partial charge in [-0.2, -0.15) is 0 Å². The number of rotatable bonds is 4. The number of nitrogens with zero attached hydrogens (tertiary/aromatic N) is 1. The number of aromatic hydroxyl groups is 1. The number of carbonyl (C=O) groups is 1. The second-order valence-electron chi connectivity index (χ2n) is 5.60. The molecule has 0 bridgehead atoms. The van der Waals surface area contributed by atoms with Crippen LogP contribution in [0.1, 0.15) is 49.8 Å². The third-order valence-electron chi connectivity index (χ3n) is 4.19. The highest BCUT2D eigenvalue weighted by atomic mass is 16.4. The first kappa shape index (κ1) is 14.9. The summed E-state index contributed by atoms with van der Waals surface area (Å²) in [6.45, 7) is 4.79. The summed E-state index contributed by atoms with van der Waals surface area (Å²) in [6.07, 6.45) is 4.15. The summed E-state index contributed by atoms with van der Waals surface area (Å²) in [4.78, 5) is 13.8. The van der Waals surface area contributed by atoms with Gasteiger partial charge in [0.15, 0.2) is 0 Å². The van der Waals surface area contributed by atoms with E-state index in [1.54, 1.807) is 18.2 Å². The van der Waals surface area contributed by atoms with E-state index in [1.165, 1.54) is 0 Å². The van der Waals surface area contributed by atoms with Crippen molar-refractivity contribution in [2.24, 2.45) is 0 Å². The molecule has 2 unspecified atom stereocenters. The number of carboxylic acids is 1. The van der Waals surface area contributed by atoms with E-state index < -0.39 is 12.0 Å². The van der Waals surface area contributed by atoms with Gasteiger partial charge in [-0.05, 0) is 38.8 Å². The molecule has 2 N–H and O–H groups in total. The minimum absolute atomic E-state index is 0.0726. The summed E-state index contributed by atoms with van der Waals surface area (Å²) in [5, 5.41) is 19.7. The first-order chi connectivity index (χ1) is 9.54. The van der Waals surface area contributed by atoms with Crippen LogP contribution >= 0.6 is 0 Å². The van der Waals surface area contributed by atoms with Gasteiger partial charge in [0.2, 0.25) is 0 Å². The van der Waals surface area contributed by atoms with E-state index in [0.29, 0.717) is 5.56 Å². The van der Waals surface area contributed by atoms with Crippen LogP contribution in [0.5, 0.6) is 5.75 Å². The van der Waals surface area contributed by atoms with Crippen LogP contribution in [0.2, 0.25) is 0 Å². The molecule has 0 saturated carbocycles. The molecule has 1 aliphatic rings. The normalized spacial score (nSPS) is 21.6. The molecule has 0 aromatic heterocycles. The lowest BCUT2D eigenvalue weighted by Gasteiger charge is -2.39. The van der Waals surface area contributed by atoms with E-state index in [9.17, 15) is 15.0 Å². The summed E-state index contributed by atoms with van der Waals surface area (Å²) in [6, 6.07) is 4.71. The van der Waals surface area contributed by atoms with Crippen molar-refractivity contribution in [3.8, 4) is 5.75 Å². The Bertz CT molecular complexity index is 487. The van der Waals surface area contributed by atoms with Gasteiger partial charge in [0.1, 0.15) is 11.8 Å². The Morgan fingerprint density at radius 1 is 1.45 bits per heavy atom. The van der Waals surface area contributed by atoms with Crippen LogP contribution in [-0.4, -0.2) is 33.7 Å². The number of piperidine rings is 1. The second-order valence-corrected chi connectivity index (χ2v) is 5.60. The lowest BCUT2D eigenvalue weighted by molar-refractivity contribution is -0.145. The summed E-state index contributed by atoms with van der Waals surface area (Å²) in [7, 11) is 0. The lowest BCUT2D eigenvalue weighted by Crippen LogP contribution is -2.44. The highest BCUT2D eigenvalue weighted by molar-refractivity contribution is 5.77. The molecular weight excluding hydrogens is 254 g/mol. The molecule has 0 radical (unpaired) electrons. The van der Waals surface area contributed by atoms with Gasteiger partial charge in [0.25, 0.3) is 0 Å². The Balaban J connectivity index is 2.39. The van der Waals surface area contributed by atoms with Crippen molar-refractivity contribution in [2.75, 3.05) is 6.54 Å². The van der Waals surface area contributed by atoms with E-state index in [2.05, 4.69) is 6.92 Å². The van der Waals surface area contributed by atoms with E-state index in [4.69, 9.17) is 0 Å². The van der Waals surface area contributed by atoms with Gasteiger partial charge in [0.05, 0.1) is 0 Å². The third-order valence-corrected chi connectivity index (χ3v) is 4.19. The van der Waals surface area contributed by atoms with E-state index in [1.807, 2.05) is 11.8 Å². The number of phenolic OH excluding ortho intramolecular Hbond substituents is 1. The largest absolute Gasteiger partial charge is 0.508 e. The Morgan fingerprint density at radius 3 is 2.85 bits per heavy atom. The van der Waals surface area contributed by atoms with Crippen molar-refractivity contribution in [2.45, 2.75) is 51.6 Å². The summed E-state index contributed by atoms with van der Waals surface area (Å²) >= 11 is 0. The molecule has 2 rings (SSSR count). The van der Waals surface area contributed by atoms with E-state index in [0.717, 1.165) is 37.8 Å². The molecule has 1 aromatic carbocycles. The number of aryl methyl sites for hydroxylation is 1. The zero-order chi connectivity index (χ0) is 14.7. The van der Waals surface area contributed by atoms with Crippen molar-refractivity contribution < 1.29 is 15.0 Å². The van der Waals surface area contributed by atoms with Gasteiger partial charge < -0.3 is 10.2 Å². The zero-order valence-electron chi connectivity index (χ0n) is 12.2. The lowest BCUT2D eigenvalue weighted by atomic mass is 9.94. The average molecular weight is 277 g/mol. The van der Waals surface area contributed by atoms with Crippen molar-refractivity contribution >= 4 is 5.97 Å². The number of carboxylic acid groups (broad SMARTS) is 1. The number of aliphatic carboxylic acids is 1. The highest BCUT2D eigenvalue weighted by Crippen LogP contribution is 2.34. The molecule has 1 fully saturated rings. The molecule has 4 heteroatoms. The van der Waals surface area contributed by atoms with E-state index >= 15 is 0 Å². The third kappa shape index (κ3) is 2.96. The van der Waals surface area contributed by atoms with Gasteiger partial charge >= 0.3 is 5.97 Å². The van der Waals surface area contributed by atoms with Crippen LogP contribution in [0.25, 0.3) is 0 Å². The average Bonchev–Trinajstić information content (AvgIpc) is 2.43. The molecule has 4 nitrogen and oxygen atoms in total. The number of benzene rings is 1. The van der Waals surface area contributed by atoms with Crippen molar-refractivity contribution in [1.82, 2.24) is 4.90 Å². The van der Waals surface area contributed by atoms with Gasteiger partial charge in [-0.25, -0.2) is 0 Å². The summed E-state index contributed by atoms with van der Waals surface area (Å²) in [5.41, 5.74) is 1.48. The van der Waals surface area contributed by atoms with Gasteiger partial charge in [-0.15, -0.1) is 0 Å². The quantitative estimate of drug-likeness (QED) is 0.888. The molecule has 0 amide bonds. The first-order valence-corrected chi connectivity index (χ1v) is 7.32. The smallest absolute Gasteiger partial charge is 0.325 e. The van der Waals surface area contributed by atoms with E-state index in [-0.39, 0.29) is 11.8 Å². The fourth-order valence-corrected chi connectivity index (χ4v) is 3.15. The Morgan fingerprint density at radius 2 is 2.20 bits per heavy atom. The molecule has 1 aliphatic heterocycles. The maximum Gasteiger partial charge on any atom is 0.325 e. The number of phenols is 1. The van der Waals surface area contributed by atoms with Crippen molar-refractivity contribution in [3.63, 3.8) is 0 Å². The van der Waals surface area contributed by atoms with Gasteiger partial charge in [-0.1, -0.05) is 31.0 Å². The topological polar surface area (TPSA) is 60.8 Å². The van der Waals surface area contributed by atoms with Crippen LogP contribution in [0, 0.1) is 6.92 Å². The minimum atomic E-state index is -0.883. The monoisotopic (exact) mass is 277 g/mol. The molecule has 0 spiro atoms. The minimum Gasteiger partial charge on any atom is -0.508 e. The summed E-state index contributed by atoms with van der Waals surface area (Å²) < 4.78 is 0. The SMILES string of the molecule is CCC1CCCCN1C(C(=O)O)c1cc(C)ccc1O. The maximum atomic E-state index is 11.8. The van der Waals surface area contributed by atoms with Crippen LogP contribution in [0.15, 0.2) is 18.2 Å². The van der Waals surface area contributed by atoms with Gasteiger partial charge in [0, 0.05) is 11.6 Å². The maximum absolute atomic E-state index is 11.8. The Hall–Kier alpha value is -1.55. The van der Waals surface area contributed by atoms with Crippen molar-refractivity contribution in [1.29, 1.82) is 0 Å². The number of hydrogen-bond donors (Lipinski definition) is 2. The highest BCUT2D eigenvalue weighted by Gasteiger charge is 2.35. The molecule has 110 valence electrons. The van der Waals surface area contributed by atoms with Gasteiger partial charge in [-0.3, -0.25) is 9.69 Å². The fourth-order valence-electron chi connectivity index (χ4n) is 3.15. The fraction of sp³-hybridized carbons (Fsp3) is 0.562. The molecule has 0 aliphatic carbocycles. The second kappa shape index (κ2) is 6.27. The van der Waals surface area contributed by atoms with Crippen LogP contribution in [-0.2, 0) is 4.79 Å². The molecular formula is C16H23NO3. The molecule has 1 aromatic rings. The Labute approximate surface area is 120 Å². The van der Waals surface area contributed by atoms with Crippen LogP contribution in [0.4, 0.5) is 0 Å².